The zero-order valence-electron chi connectivity index (χ0n) is 15.6. The Morgan fingerprint density at radius 3 is 2.26 bits per heavy atom. The van der Waals surface area contributed by atoms with Crippen LogP contribution in [0.3, 0.4) is 0 Å². The molecular formula is C18H25Cl3N4O2. The molecule has 1 aliphatic rings. The molecule has 150 valence electrons. The molecule has 0 aliphatic carbocycles. The van der Waals surface area contributed by atoms with Crippen LogP contribution in [0.5, 0.6) is 11.5 Å². The number of nitrogens with zero attached hydrogens (tertiary/aromatic N) is 4. The van der Waals surface area contributed by atoms with Crippen LogP contribution in [-0.4, -0.2) is 59.3 Å². The summed E-state index contributed by atoms with van der Waals surface area (Å²) in [5.74, 6) is 1.13. The highest BCUT2D eigenvalue weighted by Gasteiger charge is 2.20. The number of phenolic OH excluding ortho intramolecular Hbond substituents is 1. The predicted molar refractivity (Wildman–Crippen MR) is 114 cm³/mol. The van der Waals surface area contributed by atoms with Crippen LogP contribution in [0.2, 0.25) is 5.02 Å². The largest absolute Gasteiger partial charge is 0.503 e. The molecule has 1 aromatic carbocycles. The van der Waals surface area contributed by atoms with Crippen molar-refractivity contribution in [1.82, 2.24) is 14.9 Å². The third-order valence-corrected chi connectivity index (χ3v) is 4.84. The molecule has 1 aromatic heterocycles. The van der Waals surface area contributed by atoms with Gasteiger partial charge in [0.1, 0.15) is 5.82 Å². The number of rotatable bonds is 4. The molecule has 0 spiro atoms. The second-order valence-electron chi connectivity index (χ2n) is 6.39. The maximum Gasteiger partial charge on any atom is 0.176 e. The highest BCUT2D eigenvalue weighted by atomic mass is 35.5. The molecule has 0 amide bonds. The van der Waals surface area contributed by atoms with Gasteiger partial charge in [-0.25, -0.2) is 4.98 Å². The highest BCUT2D eigenvalue weighted by Crippen LogP contribution is 2.37. The molecule has 0 atom stereocenters. The smallest absolute Gasteiger partial charge is 0.176 e. The number of anilines is 1. The fraction of sp³-hybridized carbons (Fsp3) is 0.444. The molecule has 6 nitrogen and oxygen atoms in total. The lowest BCUT2D eigenvalue weighted by atomic mass is 10.1. The van der Waals surface area contributed by atoms with Gasteiger partial charge in [0.15, 0.2) is 11.5 Å². The Morgan fingerprint density at radius 2 is 1.74 bits per heavy atom. The van der Waals surface area contributed by atoms with E-state index >= 15 is 0 Å². The summed E-state index contributed by atoms with van der Waals surface area (Å²) in [5, 5.41) is 10.1. The van der Waals surface area contributed by atoms with Crippen LogP contribution in [0.25, 0.3) is 11.3 Å². The number of hydrogen-bond donors (Lipinski definition) is 1. The molecule has 2 heterocycles. The Balaban J connectivity index is 0.00000182. The zero-order valence-corrected chi connectivity index (χ0v) is 17.9. The van der Waals surface area contributed by atoms with E-state index in [9.17, 15) is 5.11 Å². The lowest BCUT2D eigenvalue weighted by Crippen LogP contribution is -2.49. The van der Waals surface area contributed by atoms with Gasteiger partial charge in [0.05, 0.1) is 30.2 Å². The average Bonchev–Trinajstić information content (AvgIpc) is 2.64. The fourth-order valence-electron chi connectivity index (χ4n) is 2.98. The second kappa shape index (κ2) is 10.2. The maximum atomic E-state index is 9.84. The molecule has 27 heavy (non-hydrogen) atoms. The molecule has 0 bridgehead atoms. The summed E-state index contributed by atoms with van der Waals surface area (Å²) >= 11 is 6.05. The van der Waals surface area contributed by atoms with Gasteiger partial charge >= 0.3 is 0 Å². The number of ether oxygens (including phenoxy) is 1. The van der Waals surface area contributed by atoms with Crippen molar-refractivity contribution in [3.8, 4) is 22.8 Å². The van der Waals surface area contributed by atoms with Crippen LogP contribution in [0.4, 0.5) is 5.82 Å². The van der Waals surface area contributed by atoms with Crippen molar-refractivity contribution in [2.75, 3.05) is 38.2 Å². The van der Waals surface area contributed by atoms with Crippen LogP contribution < -0.4 is 9.64 Å². The summed E-state index contributed by atoms with van der Waals surface area (Å²) in [7, 11) is 1.49. The third-order valence-electron chi connectivity index (χ3n) is 4.55. The second-order valence-corrected chi connectivity index (χ2v) is 6.79. The Morgan fingerprint density at radius 1 is 1.07 bits per heavy atom. The lowest BCUT2D eigenvalue weighted by molar-refractivity contribution is 0.209. The predicted octanol–water partition coefficient (Wildman–Crippen LogP) is 3.89. The van der Waals surface area contributed by atoms with E-state index in [0.717, 1.165) is 37.6 Å². The first kappa shape index (κ1) is 23.6. The van der Waals surface area contributed by atoms with Crippen molar-refractivity contribution in [2.24, 2.45) is 0 Å². The van der Waals surface area contributed by atoms with Crippen LogP contribution >= 0.6 is 36.4 Å². The van der Waals surface area contributed by atoms with Gasteiger partial charge in [-0.2, -0.15) is 0 Å². The molecule has 0 radical (unpaired) electrons. The molecule has 0 saturated carbocycles. The first-order valence-corrected chi connectivity index (χ1v) is 8.75. The van der Waals surface area contributed by atoms with Gasteiger partial charge in [0.25, 0.3) is 0 Å². The average molecular weight is 436 g/mol. The third kappa shape index (κ3) is 5.29. The van der Waals surface area contributed by atoms with E-state index in [4.69, 9.17) is 16.3 Å². The summed E-state index contributed by atoms with van der Waals surface area (Å²) in [4.78, 5) is 13.8. The van der Waals surface area contributed by atoms with Gasteiger partial charge in [0, 0.05) is 37.8 Å². The molecule has 3 rings (SSSR count). The number of piperazine rings is 1. The number of phenols is 1. The minimum Gasteiger partial charge on any atom is -0.503 e. The first-order chi connectivity index (χ1) is 12.0. The normalized spacial score (nSPS) is 14.5. The van der Waals surface area contributed by atoms with Crippen LogP contribution in [0.1, 0.15) is 13.8 Å². The van der Waals surface area contributed by atoms with Crippen molar-refractivity contribution in [2.45, 2.75) is 19.9 Å². The summed E-state index contributed by atoms with van der Waals surface area (Å²) < 4.78 is 5.14. The molecule has 1 aliphatic heterocycles. The Kier molecular flexibility index (Phi) is 8.88. The van der Waals surface area contributed by atoms with Gasteiger partial charge in [-0.1, -0.05) is 11.6 Å². The molecule has 1 saturated heterocycles. The number of benzene rings is 1. The molecular weight excluding hydrogens is 411 g/mol. The van der Waals surface area contributed by atoms with Gasteiger partial charge < -0.3 is 14.7 Å². The maximum absolute atomic E-state index is 9.84. The number of hydrogen-bond acceptors (Lipinski definition) is 6. The minimum absolute atomic E-state index is 0. The zero-order chi connectivity index (χ0) is 18.0. The Hall–Kier alpha value is -1.47. The van der Waals surface area contributed by atoms with E-state index in [-0.39, 0.29) is 35.6 Å². The number of halogens is 3. The van der Waals surface area contributed by atoms with Crippen molar-refractivity contribution in [3.05, 3.63) is 29.5 Å². The molecule has 9 heteroatoms. The molecule has 1 N–H and O–H groups in total. The van der Waals surface area contributed by atoms with Crippen LogP contribution in [-0.2, 0) is 0 Å². The molecule has 0 unspecified atom stereocenters. The Bertz CT molecular complexity index is 736. The fourth-order valence-corrected chi connectivity index (χ4v) is 3.19. The number of methoxy groups -OCH3 is 1. The minimum atomic E-state index is -0.0690. The van der Waals surface area contributed by atoms with Gasteiger partial charge in [-0.3, -0.25) is 9.88 Å². The quantitative estimate of drug-likeness (QED) is 0.786. The monoisotopic (exact) mass is 434 g/mol. The van der Waals surface area contributed by atoms with E-state index < -0.39 is 0 Å². The van der Waals surface area contributed by atoms with E-state index in [0.29, 0.717) is 17.5 Å². The van der Waals surface area contributed by atoms with Crippen molar-refractivity contribution in [1.29, 1.82) is 0 Å². The lowest BCUT2D eigenvalue weighted by Gasteiger charge is -2.37. The summed E-state index contributed by atoms with van der Waals surface area (Å²) in [6, 6.07) is 3.93. The number of aromatic nitrogens is 2. The van der Waals surface area contributed by atoms with Crippen molar-refractivity contribution in [3.63, 3.8) is 0 Å². The summed E-state index contributed by atoms with van der Waals surface area (Å²) in [6.07, 6.45) is 3.51. The van der Waals surface area contributed by atoms with Crippen molar-refractivity contribution >= 4 is 42.2 Å². The van der Waals surface area contributed by atoms with E-state index in [2.05, 4.69) is 33.6 Å². The van der Waals surface area contributed by atoms with Gasteiger partial charge in [-0.05, 0) is 26.0 Å². The van der Waals surface area contributed by atoms with Crippen LogP contribution in [0, 0.1) is 0 Å². The van der Waals surface area contributed by atoms with E-state index in [1.807, 2.05) is 0 Å². The Labute approximate surface area is 177 Å². The molecule has 2 aromatic rings. The standard InChI is InChI=1S/C18H23ClN4O2.2ClH/c1-12(2)22-4-6-23(7-5-22)17-11-20-15(10-21-17)13-8-14(19)18(24)16(9-13)25-3;;/h8-12,24H,4-7H2,1-3H3;2*1H. The summed E-state index contributed by atoms with van der Waals surface area (Å²) in [6.45, 7) is 8.41. The molecule has 1 fully saturated rings. The first-order valence-electron chi connectivity index (χ1n) is 8.37. The van der Waals surface area contributed by atoms with E-state index in [1.54, 1.807) is 24.5 Å². The SMILES string of the molecule is COc1cc(-c2cnc(N3CCN(C(C)C)CC3)cn2)cc(Cl)c1O.Cl.Cl. The van der Waals surface area contributed by atoms with Gasteiger partial charge in [0.2, 0.25) is 0 Å². The highest BCUT2D eigenvalue weighted by molar-refractivity contribution is 6.32. The number of aromatic hydroxyl groups is 1. The van der Waals surface area contributed by atoms with E-state index in [1.165, 1.54) is 7.11 Å². The van der Waals surface area contributed by atoms with Crippen LogP contribution in [0.15, 0.2) is 24.5 Å². The summed E-state index contributed by atoms with van der Waals surface area (Å²) in [5.41, 5.74) is 1.44. The topological polar surface area (TPSA) is 61.7 Å². The van der Waals surface area contributed by atoms with Crippen molar-refractivity contribution < 1.29 is 9.84 Å². The van der Waals surface area contributed by atoms with Gasteiger partial charge in [-0.15, -0.1) is 24.8 Å².